The standard InChI is InChI=1S/C19H27N3O3/c1-20-5-4-16(12-20)11-19(23)22-8-6-21(7-9-22)13-15-2-3-17-18(10-15)25-14-24-17/h2-3,10,16H,4-9,11-14H2,1H3. The maximum absolute atomic E-state index is 12.5. The van der Waals surface area contributed by atoms with E-state index in [0.717, 1.165) is 63.7 Å². The lowest BCUT2D eigenvalue weighted by molar-refractivity contribution is -0.133. The van der Waals surface area contributed by atoms with Crippen LogP contribution >= 0.6 is 0 Å². The first kappa shape index (κ1) is 16.7. The van der Waals surface area contributed by atoms with Crippen molar-refractivity contribution >= 4 is 5.91 Å². The molecule has 2 fully saturated rings. The monoisotopic (exact) mass is 345 g/mol. The number of fused-ring (bicyclic) bond motifs is 1. The minimum Gasteiger partial charge on any atom is -0.454 e. The summed E-state index contributed by atoms with van der Waals surface area (Å²) in [6.45, 7) is 6.95. The average Bonchev–Trinajstić information content (AvgIpc) is 3.24. The maximum atomic E-state index is 12.5. The number of piperazine rings is 1. The van der Waals surface area contributed by atoms with E-state index in [0.29, 0.717) is 25.0 Å². The van der Waals surface area contributed by atoms with Gasteiger partial charge in [0, 0.05) is 45.7 Å². The van der Waals surface area contributed by atoms with Crippen molar-refractivity contribution in [2.24, 2.45) is 5.92 Å². The van der Waals surface area contributed by atoms with Gasteiger partial charge in [-0.1, -0.05) is 6.07 Å². The van der Waals surface area contributed by atoms with Crippen LogP contribution in [-0.2, 0) is 11.3 Å². The molecule has 0 N–H and O–H groups in total. The Morgan fingerprint density at radius 2 is 1.92 bits per heavy atom. The topological polar surface area (TPSA) is 45.3 Å². The van der Waals surface area contributed by atoms with Gasteiger partial charge in [-0.25, -0.2) is 0 Å². The van der Waals surface area contributed by atoms with Gasteiger partial charge >= 0.3 is 0 Å². The third-order valence-corrected chi connectivity index (χ3v) is 5.52. The Morgan fingerprint density at radius 1 is 1.12 bits per heavy atom. The largest absolute Gasteiger partial charge is 0.454 e. The third kappa shape index (κ3) is 3.90. The molecule has 2 saturated heterocycles. The summed E-state index contributed by atoms with van der Waals surface area (Å²) in [5.41, 5.74) is 1.23. The quantitative estimate of drug-likeness (QED) is 0.825. The van der Waals surface area contributed by atoms with Gasteiger partial charge in [-0.3, -0.25) is 9.69 Å². The van der Waals surface area contributed by atoms with Gasteiger partial charge in [0.15, 0.2) is 11.5 Å². The summed E-state index contributed by atoms with van der Waals surface area (Å²) in [4.78, 5) is 19.3. The summed E-state index contributed by atoms with van der Waals surface area (Å²) < 4.78 is 10.8. The van der Waals surface area contributed by atoms with Gasteiger partial charge < -0.3 is 19.3 Å². The predicted molar refractivity (Wildman–Crippen MR) is 94.6 cm³/mol. The van der Waals surface area contributed by atoms with Crippen molar-refractivity contribution in [1.82, 2.24) is 14.7 Å². The summed E-state index contributed by atoms with van der Waals surface area (Å²) in [6.07, 6.45) is 1.87. The molecule has 6 nitrogen and oxygen atoms in total. The number of hydrogen-bond donors (Lipinski definition) is 0. The molecule has 1 aromatic rings. The predicted octanol–water partition coefficient (Wildman–Crippen LogP) is 1.40. The van der Waals surface area contributed by atoms with Gasteiger partial charge in [0.1, 0.15) is 0 Å². The van der Waals surface area contributed by atoms with Crippen molar-refractivity contribution < 1.29 is 14.3 Å². The number of amides is 1. The van der Waals surface area contributed by atoms with Crippen molar-refractivity contribution in [3.63, 3.8) is 0 Å². The Kier molecular flexibility index (Phi) is 4.81. The molecule has 1 atom stereocenters. The number of nitrogens with zero attached hydrogens (tertiary/aromatic N) is 3. The van der Waals surface area contributed by atoms with Crippen LogP contribution < -0.4 is 9.47 Å². The van der Waals surface area contributed by atoms with Gasteiger partial charge in [-0.05, 0) is 43.6 Å². The normalized spacial score (nSPS) is 24.0. The number of benzene rings is 1. The minimum absolute atomic E-state index is 0.316. The van der Waals surface area contributed by atoms with Crippen LogP contribution in [-0.4, -0.2) is 73.7 Å². The highest BCUT2D eigenvalue weighted by Crippen LogP contribution is 2.32. The Labute approximate surface area is 149 Å². The van der Waals surface area contributed by atoms with Crippen molar-refractivity contribution in [1.29, 1.82) is 0 Å². The Hall–Kier alpha value is -1.79. The van der Waals surface area contributed by atoms with Gasteiger partial charge in [-0.2, -0.15) is 0 Å². The zero-order valence-electron chi connectivity index (χ0n) is 14.9. The molecule has 1 aromatic carbocycles. The van der Waals surface area contributed by atoms with Crippen LogP contribution in [0.2, 0.25) is 0 Å². The van der Waals surface area contributed by atoms with Crippen LogP contribution in [0.4, 0.5) is 0 Å². The van der Waals surface area contributed by atoms with Gasteiger partial charge in [0.25, 0.3) is 0 Å². The molecule has 3 heterocycles. The van der Waals surface area contributed by atoms with Crippen LogP contribution in [0.15, 0.2) is 18.2 Å². The number of likely N-dealkylation sites (tertiary alicyclic amines) is 1. The molecular weight excluding hydrogens is 318 g/mol. The average molecular weight is 345 g/mol. The highest BCUT2D eigenvalue weighted by Gasteiger charge is 2.27. The SMILES string of the molecule is CN1CCC(CC(=O)N2CCN(Cc3ccc4c(c3)OCO4)CC2)C1. The first-order chi connectivity index (χ1) is 12.2. The van der Waals surface area contributed by atoms with Crippen LogP contribution in [0.5, 0.6) is 11.5 Å². The van der Waals surface area contributed by atoms with Crippen LogP contribution in [0.25, 0.3) is 0 Å². The van der Waals surface area contributed by atoms with E-state index in [1.807, 2.05) is 6.07 Å². The third-order valence-electron chi connectivity index (χ3n) is 5.52. The first-order valence-corrected chi connectivity index (χ1v) is 9.24. The van der Waals surface area contributed by atoms with Crippen molar-refractivity contribution in [3.8, 4) is 11.5 Å². The summed E-state index contributed by atoms with van der Waals surface area (Å²) in [5, 5.41) is 0. The molecule has 6 heteroatoms. The van der Waals surface area contributed by atoms with E-state index >= 15 is 0 Å². The number of carbonyl (C=O) groups is 1. The molecule has 0 saturated carbocycles. The maximum Gasteiger partial charge on any atom is 0.231 e. The molecule has 136 valence electrons. The lowest BCUT2D eigenvalue weighted by Gasteiger charge is -2.35. The molecule has 3 aliphatic heterocycles. The van der Waals surface area contributed by atoms with E-state index in [9.17, 15) is 4.79 Å². The Bertz CT molecular complexity index is 628. The molecular formula is C19H27N3O3. The van der Waals surface area contributed by atoms with E-state index in [2.05, 4.69) is 33.9 Å². The molecule has 0 aromatic heterocycles. The molecule has 25 heavy (non-hydrogen) atoms. The molecule has 0 aliphatic carbocycles. The summed E-state index contributed by atoms with van der Waals surface area (Å²) in [5.74, 6) is 2.55. The highest BCUT2D eigenvalue weighted by molar-refractivity contribution is 5.76. The molecule has 1 amide bonds. The fourth-order valence-electron chi connectivity index (χ4n) is 4.02. The first-order valence-electron chi connectivity index (χ1n) is 9.24. The summed E-state index contributed by atoms with van der Waals surface area (Å²) in [6, 6.07) is 6.15. The Balaban J connectivity index is 1.25. The van der Waals surface area contributed by atoms with Crippen molar-refractivity contribution in [2.45, 2.75) is 19.4 Å². The number of carbonyl (C=O) groups excluding carboxylic acids is 1. The summed E-state index contributed by atoms with van der Waals surface area (Å²) in [7, 11) is 2.14. The molecule has 0 spiro atoms. The second-order valence-corrected chi connectivity index (χ2v) is 7.47. The fraction of sp³-hybridized carbons (Fsp3) is 0.632. The van der Waals surface area contributed by atoms with Crippen LogP contribution in [0.3, 0.4) is 0 Å². The zero-order valence-corrected chi connectivity index (χ0v) is 14.9. The van der Waals surface area contributed by atoms with Crippen molar-refractivity contribution in [2.75, 3.05) is 53.1 Å². The fourth-order valence-corrected chi connectivity index (χ4v) is 4.02. The molecule has 0 bridgehead atoms. The summed E-state index contributed by atoms with van der Waals surface area (Å²) >= 11 is 0. The smallest absolute Gasteiger partial charge is 0.231 e. The Morgan fingerprint density at radius 3 is 2.68 bits per heavy atom. The second kappa shape index (κ2) is 7.22. The lowest BCUT2D eigenvalue weighted by atomic mass is 10.0. The van der Waals surface area contributed by atoms with E-state index in [-0.39, 0.29) is 0 Å². The number of ether oxygens (including phenoxy) is 2. The van der Waals surface area contributed by atoms with Gasteiger partial charge in [0.2, 0.25) is 12.7 Å². The molecule has 3 aliphatic rings. The van der Waals surface area contributed by atoms with Crippen molar-refractivity contribution in [3.05, 3.63) is 23.8 Å². The minimum atomic E-state index is 0.316. The van der Waals surface area contributed by atoms with E-state index in [1.54, 1.807) is 0 Å². The van der Waals surface area contributed by atoms with E-state index < -0.39 is 0 Å². The highest BCUT2D eigenvalue weighted by atomic mass is 16.7. The van der Waals surface area contributed by atoms with Gasteiger partial charge in [-0.15, -0.1) is 0 Å². The molecule has 4 rings (SSSR count). The molecule has 0 radical (unpaired) electrons. The number of rotatable bonds is 4. The van der Waals surface area contributed by atoms with E-state index in [4.69, 9.17) is 9.47 Å². The second-order valence-electron chi connectivity index (χ2n) is 7.47. The van der Waals surface area contributed by atoms with Crippen LogP contribution in [0.1, 0.15) is 18.4 Å². The van der Waals surface area contributed by atoms with Crippen LogP contribution in [0, 0.1) is 5.92 Å². The molecule has 1 unspecified atom stereocenters. The zero-order chi connectivity index (χ0) is 17.2. The lowest BCUT2D eigenvalue weighted by Crippen LogP contribution is -2.48. The van der Waals surface area contributed by atoms with Gasteiger partial charge in [0.05, 0.1) is 0 Å². The number of hydrogen-bond acceptors (Lipinski definition) is 5. The van der Waals surface area contributed by atoms with E-state index in [1.165, 1.54) is 5.56 Å².